The quantitative estimate of drug-likeness (QED) is 0.0909. The van der Waals surface area contributed by atoms with Crippen molar-refractivity contribution >= 4 is 45.6 Å². The Morgan fingerprint density at radius 3 is 2.07 bits per heavy atom. The van der Waals surface area contributed by atoms with Gasteiger partial charge in [0.2, 0.25) is 0 Å². The predicted molar refractivity (Wildman–Crippen MR) is 239 cm³/mol. The van der Waals surface area contributed by atoms with Gasteiger partial charge in [0.05, 0.1) is 6.10 Å². The first-order chi connectivity index (χ1) is 28.6. The molecule has 60 heavy (non-hydrogen) atoms. The van der Waals surface area contributed by atoms with E-state index in [1.807, 2.05) is 26.0 Å². The Labute approximate surface area is 362 Å². The Kier molecular flexibility index (Phi) is 21.0. The van der Waals surface area contributed by atoms with Gasteiger partial charge in [-0.3, -0.25) is 4.79 Å². The number of ether oxygens (including phenoxy) is 3. The van der Waals surface area contributed by atoms with Crippen LogP contribution in [-0.2, 0) is 23.8 Å². The van der Waals surface area contributed by atoms with Crippen molar-refractivity contribution in [3.8, 4) is 0 Å². The normalized spacial score (nSPS) is 27.2. The van der Waals surface area contributed by atoms with E-state index in [-0.39, 0.29) is 34.9 Å². The second kappa shape index (κ2) is 24.8. The molecule has 1 aliphatic carbocycles. The number of amides is 3. The number of nitrogens with one attached hydrogen (secondary N) is 2. The van der Waals surface area contributed by atoms with Crippen LogP contribution in [-0.4, -0.2) is 97.0 Å². The second-order valence-corrected chi connectivity index (χ2v) is 30.0. The van der Waals surface area contributed by atoms with E-state index in [1.54, 1.807) is 32.1 Å². The summed E-state index contributed by atoms with van der Waals surface area (Å²) < 4.78 is 22.2. The van der Waals surface area contributed by atoms with Gasteiger partial charge in [-0.1, -0.05) is 31.2 Å². The molecule has 1 unspecified atom stereocenters. The van der Waals surface area contributed by atoms with Gasteiger partial charge in [0.15, 0.2) is 6.10 Å². The molecule has 3 amide bonds. The molecule has 3 rings (SSSR count). The topological polar surface area (TPSA) is 187 Å². The number of primary amides is 1. The minimum absolute atomic E-state index is 0.0271. The van der Waals surface area contributed by atoms with E-state index < -0.39 is 78.5 Å². The summed E-state index contributed by atoms with van der Waals surface area (Å²) in [4.78, 5) is 53.2. The number of ketones is 1. The number of benzene rings is 1. The molecular weight excluding hydrogens is 869 g/mol. The number of fused-ring (bicyclic) bond motifs is 2. The van der Waals surface area contributed by atoms with E-state index in [0.29, 0.717) is 17.6 Å². The zero-order chi connectivity index (χ0) is 44.6. The number of unbranched alkanes of at least 4 members (excludes halogenated alkanes) is 3. The number of carbonyl (C=O) groups excluding carboxylic acids is 4. The molecule has 0 spiro atoms. The number of allylic oxidation sites excluding steroid dienone is 3. The molecular formula is C47H71N3O9Sn. The van der Waals surface area contributed by atoms with E-state index in [9.17, 15) is 29.4 Å². The van der Waals surface area contributed by atoms with Crippen LogP contribution in [0.2, 0.25) is 13.3 Å². The Morgan fingerprint density at radius 1 is 0.933 bits per heavy atom. The van der Waals surface area contributed by atoms with E-state index in [1.165, 1.54) is 56.4 Å². The molecule has 7 atom stereocenters. The number of nitrogens with two attached hydrogens (primary N) is 1. The van der Waals surface area contributed by atoms with Gasteiger partial charge in [0.1, 0.15) is 6.10 Å². The first-order valence-corrected chi connectivity index (χ1v) is 29.2. The van der Waals surface area contributed by atoms with Crippen LogP contribution >= 0.6 is 0 Å². The van der Waals surface area contributed by atoms with Gasteiger partial charge in [-0.2, -0.15) is 0 Å². The maximum atomic E-state index is 14.0. The van der Waals surface area contributed by atoms with Crippen LogP contribution in [0.3, 0.4) is 0 Å². The molecule has 1 aromatic carbocycles. The van der Waals surface area contributed by atoms with Crippen molar-refractivity contribution in [2.24, 2.45) is 17.6 Å². The monoisotopic (exact) mass is 941 g/mol. The number of carbonyl (C=O) groups is 4. The molecule has 12 nitrogen and oxygen atoms in total. The number of aliphatic hydroxyl groups excluding tert-OH is 2. The van der Waals surface area contributed by atoms with Gasteiger partial charge in [0, 0.05) is 25.7 Å². The van der Waals surface area contributed by atoms with Crippen molar-refractivity contribution < 1.29 is 43.6 Å². The number of hydrogen-bond acceptors (Lipinski definition) is 9. The zero-order valence-corrected chi connectivity index (χ0v) is 40.2. The van der Waals surface area contributed by atoms with E-state index in [0.717, 1.165) is 25.3 Å². The molecule has 0 saturated heterocycles. The third-order valence-electron chi connectivity index (χ3n) is 12.0. The van der Waals surface area contributed by atoms with E-state index in [2.05, 4.69) is 43.5 Å². The van der Waals surface area contributed by atoms with Crippen molar-refractivity contribution in [3.05, 3.63) is 88.3 Å². The first-order valence-electron chi connectivity index (χ1n) is 21.7. The van der Waals surface area contributed by atoms with Crippen molar-refractivity contribution in [2.45, 2.75) is 144 Å². The van der Waals surface area contributed by atoms with Crippen LogP contribution in [0.25, 0.3) is 0 Å². The van der Waals surface area contributed by atoms with Crippen molar-refractivity contribution in [2.75, 3.05) is 14.2 Å². The van der Waals surface area contributed by atoms with Crippen molar-refractivity contribution in [1.29, 1.82) is 0 Å². The van der Waals surface area contributed by atoms with Crippen molar-refractivity contribution in [1.82, 2.24) is 10.6 Å². The summed E-state index contributed by atoms with van der Waals surface area (Å²) in [6.45, 7) is 13.8. The fourth-order valence-electron chi connectivity index (χ4n) is 8.39. The Morgan fingerprint density at radius 2 is 1.53 bits per heavy atom. The van der Waals surface area contributed by atoms with Crippen LogP contribution in [0.5, 0.6) is 0 Å². The van der Waals surface area contributed by atoms with Crippen molar-refractivity contribution in [3.63, 3.8) is 0 Å². The van der Waals surface area contributed by atoms with Crippen LogP contribution in [0.1, 0.15) is 110 Å². The summed E-state index contributed by atoms with van der Waals surface area (Å²) in [6.07, 6.45) is 9.31. The molecule has 332 valence electrons. The van der Waals surface area contributed by atoms with Crippen LogP contribution in [0.4, 0.5) is 4.79 Å². The van der Waals surface area contributed by atoms with Gasteiger partial charge in [-0.25, -0.2) is 4.79 Å². The van der Waals surface area contributed by atoms with Crippen LogP contribution in [0.15, 0.2) is 82.8 Å². The Balaban J connectivity index is 2.06. The summed E-state index contributed by atoms with van der Waals surface area (Å²) in [6, 6.07) is 8.03. The summed E-state index contributed by atoms with van der Waals surface area (Å²) in [5.41, 5.74) is 6.82. The number of rotatable bonds is 15. The average molecular weight is 941 g/mol. The maximum absolute atomic E-state index is 14.0. The molecule has 13 heteroatoms. The van der Waals surface area contributed by atoms with Gasteiger partial charge >= 0.3 is 234 Å². The Hall–Kier alpha value is -3.56. The molecule has 0 fully saturated rings. The molecule has 6 N–H and O–H groups in total. The molecule has 2 aliphatic rings. The number of aliphatic hydroxyl groups is 2. The van der Waals surface area contributed by atoms with Gasteiger partial charge in [-0.15, -0.1) is 0 Å². The SMILES string of the molecule is CCC[CH2][Sn]([CH2]CCC)([CH2]CCC)[c]1ccc(C(=O)NC2=C3C[C@@H](C)C[C@H](OC)[C@H](O)[C@@H](C)/C=C(\C)[C@H](OC(N)=O)[C@@H](OC)/C=C\C=C(/C)C(=O)NC(=CC2=O)C3O)cc1. The van der Waals surface area contributed by atoms with Crippen LogP contribution < -0.4 is 19.9 Å². The van der Waals surface area contributed by atoms with Gasteiger partial charge in [-0.05, 0) is 19.4 Å². The summed E-state index contributed by atoms with van der Waals surface area (Å²) in [7, 11) is 2.94. The summed E-state index contributed by atoms with van der Waals surface area (Å²) in [5.74, 6) is -2.37. The first kappa shape index (κ1) is 50.8. The average Bonchev–Trinajstić information content (AvgIpc) is 3.22. The molecule has 2 bridgehead atoms. The second-order valence-electron chi connectivity index (χ2n) is 16.7. The molecule has 1 heterocycles. The third kappa shape index (κ3) is 14.0. The fraction of sp³-hybridized carbons (Fsp3) is 0.574. The molecule has 0 aromatic heterocycles. The van der Waals surface area contributed by atoms with E-state index in [4.69, 9.17) is 19.9 Å². The molecule has 0 saturated carbocycles. The number of hydrogen-bond donors (Lipinski definition) is 5. The molecule has 0 radical (unpaired) electrons. The third-order valence-corrected chi connectivity index (χ3v) is 27.6. The zero-order valence-electron chi connectivity index (χ0n) is 37.3. The minimum atomic E-state index is -2.75. The van der Waals surface area contributed by atoms with Gasteiger partial charge < -0.3 is 25.1 Å². The summed E-state index contributed by atoms with van der Waals surface area (Å²) >= 11 is -2.75. The fourth-order valence-corrected chi connectivity index (χ4v) is 24.3. The Bertz CT molecular complexity index is 1760. The predicted octanol–water partition coefficient (Wildman–Crippen LogP) is 7.04. The summed E-state index contributed by atoms with van der Waals surface area (Å²) in [5, 5.41) is 28.9. The number of methoxy groups -OCH3 is 2. The molecule has 1 aromatic rings. The van der Waals surface area contributed by atoms with Crippen LogP contribution in [0, 0.1) is 11.8 Å². The van der Waals surface area contributed by atoms with E-state index >= 15 is 0 Å². The standard InChI is InChI=1S/C35H44N3O9.3C4H9.Sn/c1-19-15-24-29(38-34(43)23-12-8-7-9-13-23)26(39)18-25(31(24)41)37-33(42)20(2)11-10-14-27(45-5)32(47-35(36)44)22(4)17-21(3)30(40)28(16-19)46-6;3*1-3-4-2;/h8-14,17-19,21,27-28,30-32,40-41H,15-16H2,1-6H3,(H2,36,44)(H,37,42)(H,38,43);3*1,3-4H2,2H3;/b14-10-,20-11+,22-17+;;;;/t19-,21+,27+,28+,30-,31?,32+;;;;/m1..../s1. The van der Waals surface area contributed by atoms with Gasteiger partial charge in [0.25, 0.3) is 0 Å². The molecule has 1 aliphatic heterocycles.